The number of carbonyl (C=O) groups excluding carboxylic acids is 2. The number of amides is 1. The van der Waals surface area contributed by atoms with Crippen LogP contribution in [0.2, 0.25) is 0 Å². The number of para-hydroxylation sites is 1. The predicted octanol–water partition coefficient (Wildman–Crippen LogP) is 2.06. The minimum absolute atomic E-state index is 0.0157. The van der Waals surface area contributed by atoms with Gasteiger partial charge in [0.15, 0.2) is 0 Å². The maximum atomic E-state index is 12.1. The van der Waals surface area contributed by atoms with Gasteiger partial charge in [-0.15, -0.1) is 0 Å². The summed E-state index contributed by atoms with van der Waals surface area (Å²) >= 11 is 0. The molecule has 2 aromatic carbocycles. The van der Waals surface area contributed by atoms with E-state index in [9.17, 15) is 20.0 Å². The Morgan fingerprint density at radius 2 is 1.85 bits per heavy atom. The number of nitrogens with one attached hydrogen (secondary N) is 1. The van der Waals surface area contributed by atoms with Gasteiger partial charge < -0.3 is 20.0 Å². The lowest BCUT2D eigenvalue weighted by Gasteiger charge is -2.11. The van der Waals surface area contributed by atoms with Crippen molar-refractivity contribution in [3.8, 4) is 11.8 Å². The summed E-state index contributed by atoms with van der Waals surface area (Å²) in [5.41, 5.74) is 1.45. The van der Waals surface area contributed by atoms with Gasteiger partial charge in [0.25, 0.3) is 5.91 Å². The van der Waals surface area contributed by atoms with Gasteiger partial charge in [-0.3, -0.25) is 4.79 Å². The van der Waals surface area contributed by atoms with Crippen LogP contribution in [0.25, 0.3) is 6.08 Å². The van der Waals surface area contributed by atoms with Gasteiger partial charge in [0.05, 0.1) is 5.97 Å². The fourth-order valence-electron chi connectivity index (χ4n) is 2.27. The minimum atomic E-state index is -1.23. The van der Waals surface area contributed by atoms with Gasteiger partial charge in [-0.05, 0) is 37.1 Å². The van der Waals surface area contributed by atoms with Gasteiger partial charge in [-0.1, -0.05) is 42.5 Å². The topological polar surface area (TPSA) is 102 Å². The number of benzene rings is 2. The first-order valence-corrected chi connectivity index (χ1v) is 8.35. The number of nitrogens with zero attached hydrogens (tertiary/aromatic N) is 1. The summed E-state index contributed by atoms with van der Waals surface area (Å²) in [7, 11) is 0. The molecule has 0 spiro atoms. The third-order valence-corrected chi connectivity index (χ3v) is 3.59. The molecule has 0 saturated heterocycles. The Morgan fingerprint density at radius 3 is 2.44 bits per heavy atom. The number of aromatic carboxylic acids is 1. The summed E-state index contributed by atoms with van der Waals surface area (Å²) in [6.07, 6.45) is 1.48. The summed E-state index contributed by atoms with van der Waals surface area (Å²) in [5.74, 6) is -1.17. The van der Waals surface area contributed by atoms with Crippen molar-refractivity contribution in [2.75, 3.05) is 0 Å². The summed E-state index contributed by atoms with van der Waals surface area (Å²) < 4.78 is 5.78. The fraction of sp³-hybridized carbons (Fsp3) is 0.190. The van der Waals surface area contributed by atoms with Crippen molar-refractivity contribution in [1.29, 1.82) is 5.26 Å². The van der Waals surface area contributed by atoms with Crippen LogP contribution in [0.15, 0.2) is 54.1 Å². The van der Waals surface area contributed by atoms with E-state index in [2.05, 4.69) is 5.32 Å². The molecule has 0 aliphatic heterocycles. The third kappa shape index (κ3) is 5.72. The van der Waals surface area contributed by atoms with E-state index in [1.54, 1.807) is 36.4 Å². The second-order valence-electron chi connectivity index (χ2n) is 6.11. The molecule has 27 heavy (non-hydrogen) atoms. The summed E-state index contributed by atoms with van der Waals surface area (Å²) in [6, 6.07) is 15.0. The lowest BCUT2D eigenvalue weighted by atomic mass is 10.1. The largest absolute Gasteiger partial charge is 0.545 e. The van der Waals surface area contributed by atoms with Crippen LogP contribution in [0.3, 0.4) is 0 Å². The number of rotatable bonds is 7. The van der Waals surface area contributed by atoms with Crippen LogP contribution in [-0.4, -0.2) is 17.9 Å². The number of nitriles is 1. The van der Waals surface area contributed by atoms with Crippen molar-refractivity contribution >= 4 is 18.0 Å². The van der Waals surface area contributed by atoms with Crippen molar-refractivity contribution in [2.45, 2.75) is 26.5 Å². The molecule has 0 heterocycles. The Morgan fingerprint density at radius 1 is 1.19 bits per heavy atom. The molecule has 0 saturated carbocycles. The van der Waals surface area contributed by atoms with Crippen LogP contribution < -0.4 is 15.2 Å². The molecule has 2 aromatic rings. The van der Waals surface area contributed by atoms with E-state index >= 15 is 0 Å². The van der Waals surface area contributed by atoms with E-state index < -0.39 is 11.9 Å². The van der Waals surface area contributed by atoms with E-state index in [1.165, 1.54) is 18.2 Å². The number of carboxylic acid groups (broad SMARTS) is 1. The first-order chi connectivity index (χ1) is 12.9. The van der Waals surface area contributed by atoms with Crippen LogP contribution in [0.5, 0.6) is 5.75 Å². The average molecular weight is 363 g/mol. The quantitative estimate of drug-likeness (QED) is 0.599. The Bertz CT molecular complexity index is 893. The van der Waals surface area contributed by atoms with Gasteiger partial charge in [0.2, 0.25) is 0 Å². The van der Waals surface area contributed by atoms with Gasteiger partial charge in [0.1, 0.15) is 24.0 Å². The van der Waals surface area contributed by atoms with Gasteiger partial charge >= 0.3 is 0 Å². The Labute approximate surface area is 157 Å². The number of ether oxygens (including phenoxy) is 1. The van der Waals surface area contributed by atoms with E-state index in [0.717, 1.165) is 5.56 Å². The number of carbonyl (C=O) groups is 2. The second-order valence-corrected chi connectivity index (χ2v) is 6.11. The molecular formula is C21H19N2O4-. The number of hydrogen-bond donors (Lipinski definition) is 1. The normalized spacial score (nSPS) is 11.0. The summed E-state index contributed by atoms with van der Waals surface area (Å²) in [4.78, 5) is 22.9. The molecule has 0 aromatic heterocycles. The lowest BCUT2D eigenvalue weighted by molar-refractivity contribution is -0.255. The standard InChI is InChI=1S/C21H20N2O4/c1-14(2)23-20(24)18(12-22)11-17-5-3-4-6-19(17)27-13-15-7-9-16(10-8-15)21(25)26/h3-11,14H,13H2,1-2H3,(H,23,24)(H,25,26)/p-1/b18-11+. The average Bonchev–Trinajstić information content (AvgIpc) is 2.64. The molecule has 0 unspecified atom stereocenters. The highest BCUT2D eigenvalue weighted by Crippen LogP contribution is 2.22. The van der Waals surface area contributed by atoms with Crippen molar-refractivity contribution < 1.29 is 19.4 Å². The molecule has 6 heteroatoms. The first-order valence-electron chi connectivity index (χ1n) is 8.35. The molecule has 0 fully saturated rings. The van der Waals surface area contributed by atoms with Crippen molar-refractivity contribution in [1.82, 2.24) is 5.32 Å². The molecule has 0 bridgehead atoms. The second kappa shape index (κ2) is 9.20. The van der Waals surface area contributed by atoms with Gasteiger partial charge in [0, 0.05) is 11.6 Å². The summed E-state index contributed by atoms with van der Waals surface area (Å²) in [5, 5.41) is 22.7. The third-order valence-electron chi connectivity index (χ3n) is 3.59. The molecule has 2 rings (SSSR count). The smallest absolute Gasteiger partial charge is 0.262 e. The molecule has 6 nitrogen and oxygen atoms in total. The van der Waals surface area contributed by atoms with Crippen molar-refractivity contribution in [3.63, 3.8) is 0 Å². The maximum Gasteiger partial charge on any atom is 0.262 e. The van der Waals surface area contributed by atoms with E-state index in [0.29, 0.717) is 11.3 Å². The van der Waals surface area contributed by atoms with Crippen LogP contribution in [0.1, 0.15) is 35.3 Å². The molecule has 1 amide bonds. The van der Waals surface area contributed by atoms with Gasteiger partial charge in [-0.2, -0.15) is 5.26 Å². The molecular weight excluding hydrogens is 344 g/mol. The number of hydrogen-bond acceptors (Lipinski definition) is 5. The minimum Gasteiger partial charge on any atom is -0.545 e. The van der Waals surface area contributed by atoms with Gasteiger partial charge in [-0.25, -0.2) is 0 Å². The Hall–Kier alpha value is -3.59. The molecule has 138 valence electrons. The SMILES string of the molecule is CC(C)NC(=O)/C(C#N)=C/c1ccccc1OCc1ccc(C(=O)[O-])cc1. The van der Waals surface area contributed by atoms with Crippen LogP contribution in [0, 0.1) is 11.3 Å². The molecule has 0 aliphatic rings. The Balaban J connectivity index is 2.17. The van der Waals surface area contributed by atoms with Crippen LogP contribution in [0.4, 0.5) is 0 Å². The van der Waals surface area contributed by atoms with Crippen molar-refractivity contribution in [2.24, 2.45) is 0 Å². The van der Waals surface area contributed by atoms with E-state index in [1.807, 2.05) is 19.9 Å². The van der Waals surface area contributed by atoms with Crippen molar-refractivity contribution in [3.05, 3.63) is 70.8 Å². The highest BCUT2D eigenvalue weighted by molar-refractivity contribution is 6.02. The fourth-order valence-corrected chi connectivity index (χ4v) is 2.27. The molecule has 0 aliphatic carbocycles. The molecule has 1 N–H and O–H groups in total. The molecule has 0 radical (unpaired) electrons. The van der Waals surface area contributed by atoms with Crippen LogP contribution >= 0.6 is 0 Å². The number of carboxylic acids is 1. The maximum absolute atomic E-state index is 12.1. The zero-order valence-corrected chi connectivity index (χ0v) is 15.1. The molecule has 0 atom stereocenters. The zero-order valence-electron chi connectivity index (χ0n) is 15.1. The van der Waals surface area contributed by atoms with E-state index in [4.69, 9.17) is 4.74 Å². The predicted molar refractivity (Wildman–Crippen MR) is 98.4 cm³/mol. The highest BCUT2D eigenvalue weighted by Gasteiger charge is 2.11. The summed E-state index contributed by atoms with van der Waals surface area (Å²) in [6.45, 7) is 3.84. The van der Waals surface area contributed by atoms with E-state index in [-0.39, 0.29) is 23.8 Å². The highest BCUT2D eigenvalue weighted by atomic mass is 16.5. The Kier molecular flexibility index (Phi) is 6.73. The lowest BCUT2D eigenvalue weighted by Crippen LogP contribution is -2.30. The van der Waals surface area contributed by atoms with Crippen LogP contribution in [-0.2, 0) is 11.4 Å². The monoisotopic (exact) mass is 363 g/mol. The first kappa shape index (κ1) is 19.7. The zero-order chi connectivity index (χ0) is 19.8.